The molecule has 1 aromatic heterocycles. The lowest BCUT2D eigenvalue weighted by Crippen LogP contribution is -2.58. The normalized spacial score (nSPS) is 18.5. The van der Waals surface area contributed by atoms with Crippen LogP contribution in [0.5, 0.6) is 5.75 Å². The molecule has 1 atom stereocenters. The van der Waals surface area contributed by atoms with Crippen molar-refractivity contribution in [1.29, 1.82) is 0 Å². The minimum atomic E-state index is -1.01. The highest BCUT2D eigenvalue weighted by Crippen LogP contribution is 2.31. The minimum Gasteiger partial charge on any atom is -0.503 e. The van der Waals surface area contributed by atoms with Crippen LogP contribution in [0.3, 0.4) is 0 Å². The summed E-state index contributed by atoms with van der Waals surface area (Å²) in [4.78, 5) is 41.6. The van der Waals surface area contributed by atoms with Crippen molar-refractivity contribution in [2.24, 2.45) is 0 Å². The molecule has 2 aromatic rings. The highest BCUT2D eigenvalue weighted by Gasteiger charge is 2.41. The van der Waals surface area contributed by atoms with E-state index >= 15 is 0 Å². The molecule has 1 saturated heterocycles. The summed E-state index contributed by atoms with van der Waals surface area (Å²) in [5.74, 6) is -3.83. The molecular formula is C21H20F2N4O4. The number of halogens is 2. The molecule has 1 aromatic carbocycles. The summed E-state index contributed by atoms with van der Waals surface area (Å²) >= 11 is 0. The second-order valence-electron chi connectivity index (χ2n) is 7.59. The summed E-state index contributed by atoms with van der Waals surface area (Å²) in [6, 6.07) is 2.92. The maximum absolute atomic E-state index is 13.8. The second-order valence-corrected chi connectivity index (χ2v) is 7.59. The lowest BCUT2D eigenvalue weighted by Gasteiger charge is -2.46. The van der Waals surface area contributed by atoms with E-state index in [1.54, 1.807) is 0 Å². The van der Waals surface area contributed by atoms with Crippen LogP contribution in [0.15, 0.2) is 41.5 Å². The zero-order valence-corrected chi connectivity index (χ0v) is 16.7. The highest BCUT2D eigenvalue weighted by molar-refractivity contribution is 5.99. The van der Waals surface area contributed by atoms with Crippen LogP contribution in [0, 0.1) is 11.6 Å². The van der Waals surface area contributed by atoms with Gasteiger partial charge >= 0.3 is 0 Å². The number of aromatic nitrogens is 1. The summed E-state index contributed by atoms with van der Waals surface area (Å²) in [6.45, 7) is 4.53. The molecule has 2 N–H and O–H groups in total. The quantitative estimate of drug-likeness (QED) is 0.768. The van der Waals surface area contributed by atoms with Crippen LogP contribution in [-0.2, 0) is 13.1 Å². The number of carbonyl (C=O) groups is 2. The lowest BCUT2D eigenvalue weighted by atomic mass is 10.1. The predicted octanol–water partition coefficient (Wildman–Crippen LogP) is 1.39. The molecule has 8 nitrogen and oxygen atoms in total. The summed E-state index contributed by atoms with van der Waals surface area (Å²) in [5, 5.41) is 12.8. The molecule has 4 rings (SSSR count). The Morgan fingerprint density at radius 2 is 2.06 bits per heavy atom. The third-order valence-electron chi connectivity index (χ3n) is 5.64. The number of rotatable bonds is 3. The van der Waals surface area contributed by atoms with Crippen molar-refractivity contribution in [2.45, 2.75) is 25.7 Å². The van der Waals surface area contributed by atoms with Crippen molar-refractivity contribution >= 4 is 11.8 Å². The largest absolute Gasteiger partial charge is 0.503 e. The van der Waals surface area contributed by atoms with Crippen molar-refractivity contribution in [3.63, 3.8) is 0 Å². The van der Waals surface area contributed by atoms with Gasteiger partial charge < -0.3 is 15.0 Å². The number of nitrogens with one attached hydrogen (secondary N) is 1. The Labute approximate surface area is 176 Å². The molecule has 162 valence electrons. The molecule has 2 amide bonds. The third kappa shape index (κ3) is 3.48. The highest BCUT2D eigenvalue weighted by atomic mass is 19.1. The van der Waals surface area contributed by atoms with Gasteiger partial charge in [-0.15, -0.1) is 0 Å². The van der Waals surface area contributed by atoms with Gasteiger partial charge in [0.2, 0.25) is 5.43 Å². The van der Waals surface area contributed by atoms with Gasteiger partial charge in [-0.2, -0.15) is 0 Å². The fourth-order valence-electron chi connectivity index (χ4n) is 3.89. The first-order valence-corrected chi connectivity index (χ1v) is 9.59. The van der Waals surface area contributed by atoms with Crippen LogP contribution >= 0.6 is 0 Å². The zero-order valence-electron chi connectivity index (χ0n) is 16.7. The second kappa shape index (κ2) is 7.62. The number of hydrogen-bond acceptors (Lipinski definition) is 5. The molecule has 3 heterocycles. The standard InChI is InChI=1S/C21H20F2N4O4/c1-11-5-6-25(2)16-10-26-9-14(18(28)19(29)17(26)21(31)27(11)16)20(30)24-8-12-3-4-13(22)7-15(12)23/h3-4,7,9,16,29H,1,5-6,8,10H2,2H3,(H,24,30)/t16-/m0/s1. The van der Waals surface area contributed by atoms with Gasteiger partial charge in [0.25, 0.3) is 11.8 Å². The Bertz CT molecular complexity index is 1180. The van der Waals surface area contributed by atoms with Crippen molar-refractivity contribution < 1.29 is 23.5 Å². The topological polar surface area (TPSA) is 94.9 Å². The smallest absolute Gasteiger partial charge is 0.280 e. The molecule has 0 radical (unpaired) electrons. The lowest BCUT2D eigenvalue weighted by molar-refractivity contribution is 0.0208. The number of carbonyl (C=O) groups excluding carboxylic acids is 2. The van der Waals surface area contributed by atoms with E-state index in [9.17, 15) is 28.3 Å². The number of hydrogen-bond donors (Lipinski definition) is 2. The van der Waals surface area contributed by atoms with Gasteiger partial charge in [0.15, 0.2) is 11.4 Å². The summed E-state index contributed by atoms with van der Waals surface area (Å²) in [7, 11) is 1.84. The van der Waals surface area contributed by atoms with Gasteiger partial charge in [0.05, 0.1) is 6.54 Å². The van der Waals surface area contributed by atoms with E-state index in [-0.39, 0.29) is 36.1 Å². The molecule has 0 spiro atoms. The third-order valence-corrected chi connectivity index (χ3v) is 5.64. The van der Waals surface area contributed by atoms with Crippen LogP contribution in [0.2, 0.25) is 0 Å². The summed E-state index contributed by atoms with van der Waals surface area (Å²) in [5.41, 5.74) is -0.980. The van der Waals surface area contributed by atoms with Crippen LogP contribution in [0.25, 0.3) is 0 Å². The average Bonchev–Trinajstić information content (AvgIpc) is 2.72. The summed E-state index contributed by atoms with van der Waals surface area (Å²) < 4.78 is 28.2. The zero-order chi connectivity index (χ0) is 22.4. The van der Waals surface area contributed by atoms with E-state index in [0.717, 1.165) is 6.07 Å². The number of nitrogens with zero attached hydrogens (tertiary/aromatic N) is 3. The van der Waals surface area contributed by atoms with Crippen molar-refractivity contribution in [3.05, 3.63) is 75.4 Å². The molecule has 0 bridgehead atoms. The van der Waals surface area contributed by atoms with Gasteiger partial charge in [-0.05, 0) is 13.1 Å². The number of benzene rings is 1. The van der Waals surface area contributed by atoms with E-state index in [2.05, 4.69) is 11.9 Å². The van der Waals surface area contributed by atoms with E-state index in [4.69, 9.17) is 0 Å². The Morgan fingerprint density at radius 3 is 2.77 bits per heavy atom. The molecule has 0 saturated carbocycles. The molecular weight excluding hydrogens is 410 g/mol. The fourth-order valence-corrected chi connectivity index (χ4v) is 3.89. The Balaban J connectivity index is 1.65. The van der Waals surface area contributed by atoms with Gasteiger partial charge in [0, 0.05) is 43.0 Å². The molecule has 0 unspecified atom stereocenters. The number of amides is 2. The SMILES string of the molecule is C=C1CCN(C)[C@@H]2Cn3cc(C(=O)NCc4ccc(F)cc4F)c(=O)c(O)c3C(=O)N12. The Hall–Kier alpha value is -3.53. The number of aromatic hydroxyl groups is 1. The van der Waals surface area contributed by atoms with Crippen molar-refractivity contribution in [1.82, 2.24) is 19.7 Å². The molecule has 31 heavy (non-hydrogen) atoms. The van der Waals surface area contributed by atoms with Gasteiger partial charge in [-0.25, -0.2) is 8.78 Å². The summed E-state index contributed by atoms with van der Waals surface area (Å²) in [6.07, 6.45) is 1.42. The van der Waals surface area contributed by atoms with E-state index < -0.39 is 34.6 Å². The number of fused-ring (bicyclic) bond motifs is 2. The molecule has 1 fully saturated rings. The van der Waals surface area contributed by atoms with Gasteiger partial charge in [-0.3, -0.25) is 24.2 Å². The number of pyridine rings is 1. The predicted molar refractivity (Wildman–Crippen MR) is 106 cm³/mol. The molecule has 2 aliphatic rings. The van der Waals surface area contributed by atoms with Gasteiger partial charge in [0.1, 0.15) is 23.4 Å². The average molecular weight is 430 g/mol. The fraction of sp³-hybridized carbons (Fsp3) is 0.286. The van der Waals surface area contributed by atoms with Crippen molar-refractivity contribution in [2.75, 3.05) is 13.6 Å². The van der Waals surface area contributed by atoms with E-state index in [1.807, 2.05) is 11.9 Å². The van der Waals surface area contributed by atoms with Crippen LogP contribution < -0.4 is 10.7 Å². The molecule has 0 aliphatic carbocycles. The van der Waals surface area contributed by atoms with Crippen LogP contribution in [-0.4, -0.2) is 51.0 Å². The van der Waals surface area contributed by atoms with E-state index in [0.29, 0.717) is 24.7 Å². The van der Waals surface area contributed by atoms with Gasteiger partial charge in [-0.1, -0.05) is 12.6 Å². The molecule has 10 heteroatoms. The first-order valence-electron chi connectivity index (χ1n) is 9.59. The Morgan fingerprint density at radius 1 is 1.32 bits per heavy atom. The minimum absolute atomic E-state index is 0.0326. The van der Waals surface area contributed by atoms with Crippen LogP contribution in [0.1, 0.15) is 32.8 Å². The van der Waals surface area contributed by atoms with Crippen LogP contribution in [0.4, 0.5) is 8.78 Å². The first-order chi connectivity index (χ1) is 14.7. The monoisotopic (exact) mass is 430 g/mol. The van der Waals surface area contributed by atoms with Crippen molar-refractivity contribution in [3.8, 4) is 5.75 Å². The van der Waals surface area contributed by atoms with E-state index in [1.165, 1.54) is 21.7 Å². The Kier molecular flexibility index (Phi) is 5.10. The molecule has 2 aliphatic heterocycles. The number of likely N-dealkylation sites (N-methyl/N-ethyl adjacent to an activating group) is 1. The maximum Gasteiger partial charge on any atom is 0.280 e. The first kappa shape index (κ1) is 20.7. The maximum atomic E-state index is 13.8.